The van der Waals surface area contributed by atoms with Crippen molar-refractivity contribution in [1.29, 1.82) is 0 Å². The minimum Gasteiger partial charge on any atom is -0.493 e. The van der Waals surface area contributed by atoms with Crippen LogP contribution in [0.3, 0.4) is 0 Å². The fraction of sp³-hybridized carbons (Fsp3) is 0.357. The van der Waals surface area contributed by atoms with Crippen LogP contribution in [0.2, 0.25) is 0 Å². The number of hydrogen-bond donors (Lipinski definition) is 3. The molecule has 0 fully saturated rings. The van der Waals surface area contributed by atoms with E-state index in [1.807, 2.05) is 32.0 Å². The molecule has 1 atom stereocenters. The fourth-order valence-electron chi connectivity index (χ4n) is 4.11. The molecular weight excluding hydrogens is 539 g/mol. The Morgan fingerprint density at radius 2 is 1.75 bits per heavy atom. The molecule has 0 unspecified atom stereocenters. The first-order valence-electron chi connectivity index (χ1n) is 12.4. The summed E-state index contributed by atoms with van der Waals surface area (Å²) in [5.41, 5.74) is 7.48. The second kappa shape index (κ2) is 13.3. The summed E-state index contributed by atoms with van der Waals surface area (Å²) >= 11 is 1.13. The Balaban J connectivity index is 1.90. The summed E-state index contributed by atoms with van der Waals surface area (Å²) in [7, 11) is 4.32. The van der Waals surface area contributed by atoms with Crippen LogP contribution < -0.4 is 20.5 Å². The van der Waals surface area contributed by atoms with Crippen molar-refractivity contribution in [2.75, 3.05) is 27.1 Å². The number of H-pyrrole nitrogens is 1. The van der Waals surface area contributed by atoms with Gasteiger partial charge in [-0.3, -0.25) is 9.59 Å². The summed E-state index contributed by atoms with van der Waals surface area (Å²) in [5, 5.41) is 3.03. The number of rotatable bonds is 13. The van der Waals surface area contributed by atoms with Crippen LogP contribution in [0.5, 0.6) is 11.5 Å². The molecule has 40 heavy (non-hydrogen) atoms. The number of hydrogen-bond acceptors (Lipinski definition) is 8. The minimum absolute atomic E-state index is 0.0253. The first-order valence-corrected chi connectivity index (χ1v) is 13.4. The number of nitrogens with zero attached hydrogens (tertiary/aromatic N) is 1. The van der Waals surface area contributed by atoms with Crippen molar-refractivity contribution < 1.29 is 33.0 Å². The lowest BCUT2D eigenvalue weighted by atomic mass is 9.79. The van der Waals surface area contributed by atoms with Crippen molar-refractivity contribution in [2.45, 2.75) is 43.3 Å². The van der Waals surface area contributed by atoms with Crippen LogP contribution >= 0.6 is 11.8 Å². The molecule has 2 amide bonds. The zero-order valence-corrected chi connectivity index (χ0v) is 23.8. The number of nitrogens with two attached hydrogens (primary N) is 1. The number of thioether (sulfide) groups is 1. The molecule has 10 nitrogen and oxygen atoms in total. The van der Waals surface area contributed by atoms with E-state index in [0.717, 1.165) is 23.0 Å². The summed E-state index contributed by atoms with van der Waals surface area (Å²) < 4.78 is 29.3. The number of methoxy groups -OCH3 is 3. The van der Waals surface area contributed by atoms with Crippen molar-refractivity contribution in [2.24, 2.45) is 5.73 Å². The van der Waals surface area contributed by atoms with Crippen molar-refractivity contribution >= 4 is 29.5 Å². The molecule has 2 aromatic carbocycles. The van der Waals surface area contributed by atoms with E-state index in [4.69, 9.17) is 24.9 Å². The maximum atomic E-state index is 13.7. The Hall–Kier alpha value is -4.06. The number of amides is 2. The van der Waals surface area contributed by atoms with E-state index in [9.17, 15) is 18.8 Å². The van der Waals surface area contributed by atoms with Gasteiger partial charge in [-0.05, 0) is 48.4 Å². The number of ether oxygens (including phenoxy) is 3. The van der Waals surface area contributed by atoms with Gasteiger partial charge in [0.2, 0.25) is 11.8 Å². The van der Waals surface area contributed by atoms with Crippen LogP contribution in [0.25, 0.3) is 11.3 Å². The quantitative estimate of drug-likeness (QED) is 0.208. The summed E-state index contributed by atoms with van der Waals surface area (Å²) in [6.07, 6.45) is -0.0570. The van der Waals surface area contributed by atoms with Crippen molar-refractivity contribution in [3.63, 3.8) is 0 Å². The number of imidazole rings is 1. The van der Waals surface area contributed by atoms with Gasteiger partial charge in [0.1, 0.15) is 11.9 Å². The molecule has 3 rings (SSSR count). The van der Waals surface area contributed by atoms with Crippen LogP contribution in [0.1, 0.15) is 37.9 Å². The van der Waals surface area contributed by atoms with E-state index in [0.29, 0.717) is 27.9 Å². The average molecular weight is 573 g/mol. The van der Waals surface area contributed by atoms with E-state index in [1.54, 1.807) is 26.4 Å². The fourth-order valence-corrected chi connectivity index (χ4v) is 4.79. The molecule has 0 aliphatic carbocycles. The van der Waals surface area contributed by atoms with Crippen LogP contribution in [0.4, 0.5) is 4.39 Å². The Morgan fingerprint density at radius 3 is 2.35 bits per heavy atom. The predicted octanol–water partition coefficient (Wildman–Crippen LogP) is 3.57. The second-order valence-electron chi connectivity index (χ2n) is 9.40. The first-order chi connectivity index (χ1) is 19.0. The molecule has 0 saturated heterocycles. The third kappa shape index (κ3) is 7.32. The highest BCUT2D eigenvalue weighted by molar-refractivity contribution is 7.99. The summed E-state index contributed by atoms with van der Waals surface area (Å²) in [6.45, 7) is 4.02. The summed E-state index contributed by atoms with van der Waals surface area (Å²) in [4.78, 5) is 43.9. The van der Waals surface area contributed by atoms with Gasteiger partial charge in [0.15, 0.2) is 16.7 Å². The third-order valence-corrected chi connectivity index (χ3v) is 7.24. The van der Waals surface area contributed by atoms with E-state index in [-0.39, 0.29) is 24.4 Å². The van der Waals surface area contributed by atoms with Crippen LogP contribution in [-0.4, -0.2) is 60.9 Å². The molecule has 0 spiro atoms. The maximum absolute atomic E-state index is 13.7. The number of carbonyl (C=O) groups is 3. The molecule has 0 saturated carbocycles. The van der Waals surface area contributed by atoms with Gasteiger partial charge in [0.05, 0.1) is 38.5 Å². The molecule has 1 heterocycles. The topological polar surface area (TPSA) is 146 Å². The average Bonchev–Trinajstić information content (AvgIpc) is 3.38. The standard InChI is InChI=1S/C28H33FN4O6S/c1-28(2,17-8-12-20(37-3)21(14-17)38-4)25-24(16-6-9-18(29)10-7-16)32-27(33-25)40-15-23(35)31-19(26(36)39-5)11-13-22(30)34/h6-10,12,14,19H,11,13,15H2,1-5H3,(H2,30,34)(H,31,35)(H,32,33)/t19-/m0/s1. The van der Waals surface area contributed by atoms with Crippen LogP contribution in [-0.2, 0) is 24.5 Å². The van der Waals surface area contributed by atoms with Gasteiger partial charge in [-0.2, -0.15) is 0 Å². The van der Waals surface area contributed by atoms with Gasteiger partial charge in [-0.15, -0.1) is 0 Å². The smallest absolute Gasteiger partial charge is 0.328 e. The van der Waals surface area contributed by atoms with Crippen LogP contribution in [0, 0.1) is 5.82 Å². The summed E-state index contributed by atoms with van der Waals surface area (Å²) in [5.74, 6) is -1.00. The van der Waals surface area contributed by atoms with E-state index < -0.39 is 29.2 Å². The van der Waals surface area contributed by atoms with Crippen molar-refractivity contribution in [1.82, 2.24) is 15.3 Å². The largest absolute Gasteiger partial charge is 0.493 e. The molecule has 0 radical (unpaired) electrons. The van der Waals surface area contributed by atoms with Crippen molar-refractivity contribution in [3.8, 4) is 22.8 Å². The van der Waals surface area contributed by atoms with E-state index >= 15 is 0 Å². The highest BCUT2D eigenvalue weighted by atomic mass is 32.2. The monoisotopic (exact) mass is 572 g/mol. The lowest BCUT2D eigenvalue weighted by Crippen LogP contribution is -2.42. The van der Waals surface area contributed by atoms with Gasteiger partial charge in [0, 0.05) is 17.4 Å². The molecule has 214 valence electrons. The lowest BCUT2D eigenvalue weighted by Gasteiger charge is -2.26. The number of benzene rings is 2. The molecular formula is C28H33FN4O6S. The normalized spacial score (nSPS) is 11.9. The minimum atomic E-state index is -1.00. The highest BCUT2D eigenvalue weighted by Gasteiger charge is 2.31. The van der Waals surface area contributed by atoms with Crippen molar-refractivity contribution in [3.05, 3.63) is 59.5 Å². The highest BCUT2D eigenvalue weighted by Crippen LogP contribution is 2.41. The Morgan fingerprint density at radius 1 is 1.07 bits per heavy atom. The molecule has 0 aliphatic heterocycles. The molecule has 0 aliphatic rings. The third-order valence-electron chi connectivity index (χ3n) is 6.37. The van der Waals surface area contributed by atoms with Gasteiger partial charge in [-0.1, -0.05) is 31.7 Å². The Kier molecular flexibility index (Phi) is 10.2. The number of aromatic amines is 1. The van der Waals surface area contributed by atoms with Crippen LogP contribution in [0.15, 0.2) is 47.6 Å². The number of esters is 1. The summed E-state index contributed by atoms with van der Waals surface area (Å²) in [6, 6.07) is 10.6. The van der Waals surface area contributed by atoms with Gasteiger partial charge in [-0.25, -0.2) is 14.2 Å². The molecule has 3 aromatic rings. The van der Waals surface area contributed by atoms with Gasteiger partial charge >= 0.3 is 5.97 Å². The number of aromatic nitrogens is 2. The zero-order valence-electron chi connectivity index (χ0n) is 23.0. The first kappa shape index (κ1) is 30.5. The van der Waals surface area contributed by atoms with E-state index in [2.05, 4.69) is 10.3 Å². The zero-order chi connectivity index (χ0) is 29.4. The van der Waals surface area contributed by atoms with E-state index in [1.165, 1.54) is 19.2 Å². The number of primary amides is 1. The lowest BCUT2D eigenvalue weighted by molar-refractivity contribution is -0.145. The second-order valence-corrected chi connectivity index (χ2v) is 10.4. The van der Waals surface area contributed by atoms with Gasteiger partial charge < -0.3 is 30.2 Å². The Bertz CT molecular complexity index is 1360. The maximum Gasteiger partial charge on any atom is 0.328 e. The number of halogens is 1. The molecule has 0 bridgehead atoms. The molecule has 12 heteroatoms. The molecule has 1 aromatic heterocycles. The number of nitrogens with one attached hydrogen (secondary N) is 2. The number of carbonyl (C=O) groups excluding carboxylic acids is 3. The predicted molar refractivity (Wildman–Crippen MR) is 149 cm³/mol. The SMILES string of the molecule is COC(=O)[C@H](CCC(N)=O)NC(=O)CSc1nc(-c2ccc(F)cc2)c(C(C)(C)c2ccc(OC)c(OC)c2)[nH]1. The van der Waals surface area contributed by atoms with Gasteiger partial charge in [0.25, 0.3) is 0 Å². The molecule has 4 N–H and O–H groups in total. The Labute approximate surface area is 236 Å².